The van der Waals surface area contributed by atoms with Crippen molar-refractivity contribution < 1.29 is 0 Å². The molecule has 1 aromatic heterocycles. The van der Waals surface area contributed by atoms with Gasteiger partial charge >= 0.3 is 0 Å². The van der Waals surface area contributed by atoms with E-state index >= 15 is 0 Å². The van der Waals surface area contributed by atoms with Crippen LogP contribution in [0.4, 0.5) is 0 Å². The fourth-order valence-electron chi connectivity index (χ4n) is 2.52. The molecule has 114 valence electrons. The number of aryl methyl sites for hydroxylation is 2. The van der Waals surface area contributed by atoms with Gasteiger partial charge in [-0.3, -0.25) is 16.0 Å². The fraction of sp³-hybridized carbons (Fsp3) is 0.400. The van der Waals surface area contributed by atoms with Gasteiger partial charge in [0.2, 0.25) is 0 Å². The monoisotopic (exact) mass is 414 g/mol. The van der Waals surface area contributed by atoms with Gasteiger partial charge in [0.1, 0.15) is 0 Å². The van der Waals surface area contributed by atoms with Crippen molar-refractivity contribution >= 4 is 31.9 Å². The molecule has 3 N–H and O–H groups in total. The summed E-state index contributed by atoms with van der Waals surface area (Å²) in [6, 6.07) is 6.23. The van der Waals surface area contributed by atoms with Gasteiger partial charge in [0, 0.05) is 17.4 Å². The SMILES string of the molecule is CCn1nc(C)c(Br)c1CC(NN)c1cccc(Br)c1C. The van der Waals surface area contributed by atoms with Crippen molar-refractivity contribution in [3.8, 4) is 0 Å². The number of benzene rings is 1. The molecule has 0 radical (unpaired) electrons. The zero-order valence-corrected chi connectivity index (χ0v) is 15.6. The van der Waals surface area contributed by atoms with Crippen LogP contribution in [0.25, 0.3) is 0 Å². The molecule has 0 spiro atoms. The van der Waals surface area contributed by atoms with Gasteiger partial charge in [-0.1, -0.05) is 28.1 Å². The molecule has 1 aromatic carbocycles. The fourth-order valence-corrected chi connectivity index (χ4v) is 3.35. The van der Waals surface area contributed by atoms with E-state index < -0.39 is 0 Å². The Kier molecular flexibility index (Phi) is 5.60. The molecule has 0 aliphatic heterocycles. The molecular formula is C15H20Br2N4. The number of nitrogens with two attached hydrogens (primary N) is 1. The Balaban J connectivity index is 2.38. The number of rotatable bonds is 5. The second kappa shape index (κ2) is 7.05. The highest BCUT2D eigenvalue weighted by atomic mass is 79.9. The summed E-state index contributed by atoms with van der Waals surface area (Å²) < 4.78 is 4.19. The van der Waals surface area contributed by atoms with Gasteiger partial charge in [-0.2, -0.15) is 5.10 Å². The average Bonchev–Trinajstić information content (AvgIpc) is 2.75. The summed E-state index contributed by atoms with van der Waals surface area (Å²) in [6.45, 7) is 7.05. The summed E-state index contributed by atoms with van der Waals surface area (Å²) in [6.07, 6.45) is 0.781. The third-order valence-electron chi connectivity index (χ3n) is 3.74. The first kappa shape index (κ1) is 16.7. The number of hydrogen-bond acceptors (Lipinski definition) is 3. The Bertz CT molecular complexity index is 637. The predicted molar refractivity (Wildman–Crippen MR) is 93.0 cm³/mol. The van der Waals surface area contributed by atoms with Crippen LogP contribution in [0.5, 0.6) is 0 Å². The number of aromatic nitrogens is 2. The molecule has 1 atom stereocenters. The lowest BCUT2D eigenvalue weighted by atomic mass is 9.98. The van der Waals surface area contributed by atoms with E-state index in [9.17, 15) is 0 Å². The normalized spacial score (nSPS) is 12.7. The zero-order chi connectivity index (χ0) is 15.6. The molecule has 1 heterocycles. The minimum absolute atomic E-state index is 0.0419. The van der Waals surface area contributed by atoms with Crippen molar-refractivity contribution in [3.63, 3.8) is 0 Å². The highest BCUT2D eigenvalue weighted by Crippen LogP contribution is 2.29. The van der Waals surface area contributed by atoms with E-state index in [2.05, 4.69) is 62.3 Å². The third kappa shape index (κ3) is 3.39. The van der Waals surface area contributed by atoms with Crippen LogP contribution < -0.4 is 11.3 Å². The van der Waals surface area contributed by atoms with Crippen LogP contribution in [0.2, 0.25) is 0 Å². The predicted octanol–water partition coefficient (Wildman–Crippen LogP) is 3.79. The molecule has 2 rings (SSSR count). The van der Waals surface area contributed by atoms with Crippen molar-refractivity contribution in [2.75, 3.05) is 0 Å². The van der Waals surface area contributed by atoms with Crippen molar-refractivity contribution in [3.05, 3.63) is 49.7 Å². The summed E-state index contributed by atoms with van der Waals surface area (Å²) in [4.78, 5) is 0. The van der Waals surface area contributed by atoms with Crippen LogP contribution >= 0.6 is 31.9 Å². The first-order chi connectivity index (χ1) is 9.99. The topological polar surface area (TPSA) is 55.9 Å². The first-order valence-electron chi connectivity index (χ1n) is 6.92. The molecule has 0 saturated heterocycles. The molecule has 4 nitrogen and oxygen atoms in total. The minimum Gasteiger partial charge on any atom is -0.271 e. The molecule has 6 heteroatoms. The lowest BCUT2D eigenvalue weighted by Gasteiger charge is -2.20. The molecule has 2 aromatic rings. The van der Waals surface area contributed by atoms with Crippen molar-refractivity contribution in [2.45, 2.75) is 39.8 Å². The van der Waals surface area contributed by atoms with Gasteiger partial charge in [0.15, 0.2) is 0 Å². The number of hydrazine groups is 1. The molecule has 1 unspecified atom stereocenters. The van der Waals surface area contributed by atoms with Crippen LogP contribution in [0.1, 0.15) is 35.5 Å². The van der Waals surface area contributed by atoms with Gasteiger partial charge in [0.25, 0.3) is 0 Å². The molecule has 21 heavy (non-hydrogen) atoms. The second-order valence-electron chi connectivity index (χ2n) is 5.04. The average molecular weight is 416 g/mol. The van der Waals surface area contributed by atoms with Gasteiger partial charge in [0.05, 0.1) is 21.9 Å². The Hall–Kier alpha value is -0.690. The molecule has 0 amide bonds. The van der Waals surface area contributed by atoms with E-state index in [1.165, 1.54) is 11.1 Å². The maximum Gasteiger partial charge on any atom is 0.0738 e. The summed E-state index contributed by atoms with van der Waals surface area (Å²) in [5.74, 6) is 5.81. The van der Waals surface area contributed by atoms with E-state index in [0.717, 1.165) is 33.3 Å². The molecule has 0 fully saturated rings. The van der Waals surface area contributed by atoms with Crippen molar-refractivity contribution in [2.24, 2.45) is 5.84 Å². The highest BCUT2D eigenvalue weighted by molar-refractivity contribution is 9.10. The van der Waals surface area contributed by atoms with Gasteiger partial charge in [-0.25, -0.2) is 0 Å². The Morgan fingerprint density at radius 2 is 2.05 bits per heavy atom. The quantitative estimate of drug-likeness (QED) is 0.576. The lowest BCUT2D eigenvalue weighted by Crippen LogP contribution is -2.31. The van der Waals surface area contributed by atoms with E-state index in [-0.39, 0.29) is 6.04 Å². The first-order valence-corrected chi connectivity index (χ1v) is 8.51. The van der Waals surface area contributed by atoms with Gasteiger partial charge in [-0.15, -0.1) is 0 Å². The van der Waals surface area contributed by atoms with Gasteiger partial charge in [-0.05, 0) is 53.9 Å². The van der Waals surface area contributed by atoms with Crippen LogP contribution in [-0.2, 0) is 13.0 Å². The summed E-state index contributed by atoms with van der Waals surface area (Å²) >= 11 is 7.22. The highest BCUT2D eigenvalue weighted by Gasteiger charge is 2.20. The van der Waals surface area contributed by atoms with Crippen molar-refractivity contribution in [1.29, 1.82) is 0 Å². The molecular weight excluding hydrogens is 396 g/mol. The van der Waals surface area contributed by atoms with Crippen LogP contribution in [-0.4, -0.2) is 9.78 Å². The molecule has 0 saturated carbocycles. The number of nitrogens with zero attached hydrogens (tertiary/aromatic N) is 2. The summed E-state index contributed by atoms with van der Waals surface area (Å²) in [7, 11) is 0. The summed E-state index contributed by atoms with van der Waals surface area (Å²) in [5.41, 5.74) is 7.51. The lowest BCUT2D eigenvalue weighted by molar-refractivity contribution is 0.514. The maximum absolute atomic E-state index is 5.81. The molecule has 0 bridgehead atoms. The second-order valence-corrected chi connectivity index (χ2v) is 6.69. The maximum atomic E-state index is 5.81. The molecule has 0 aliphatic carbocycles. The minimum atomic E-state index is 0.0419. The van der Waals surface area contributed by atoms with Crippen molar-refractivity contribution in [1.82, 2.24) is 15.2 Å². The van der Waals surface area contributed by atoms with E-state index in [1.54, 1.807) is 0 Å². The standard InChI is InChI=1S/C15H20Br2N4/c1-4-21-14(15(17)10(3)20-21)8-13(19-18)11-6-5-7-12(16)9(11)2/h5-7,13,19H,4,8,18H2,1-3H3. The van der Waals surface area contributed by atoms with Crippen LogP contribution in [0.3, 0.4) is 0 Å². The number of nitrogens with one attached hydrogen (secondary N) is 1. The number of halogens is 2. The smallest absolute Gasteiger partial charge is 0.0738 e. The van der Waals surface area contributed by atoms with E-state index in [1.807, 2.05) is 23.7 Å². The van der Waals surface area contributed by atoms with E-state index in [0.29, 0.717) is 0 Å². The Morgan fingerprint density at radius 3 is 2.67 bits per heavy atom. The molecule has 0 aliphatic rings. The third-order valence-corrected chi connectivity index (χ3v) is 5.63. The largest absolute Gasteiger partial charge is 0.271 e. The summed E-state index contributed by atoms with van der Waals surface area (Å²) in [5, 5.41) is 4.54. The Labute approximate surface area is 142 Å². The van der Waals surface area contributed by atoms with Gasteiger partial charge < -0.3 is 0 Å². The number of hydrogen-bond donors (Lipinski definition) is 2. The zero-order valence-electron chi connectivity index (χ0n) is 12.5. The Morgan fingerprint density at radius 1 is 1.33 bits per heavy atom. The van der Waals surface area contributed by atoms with Crippen LogP contribution in [0.15, 0.2) is 27.1 Å². The van der Waals surface area contributed by atoms with Crippen LogP contribution in [0, 0.1) is 13.8 Å². The van der Waals surface area contributed by atoms with E-state index in [4.69, 9.17) is 5.84 Å².